The van der Waals surface area contributed by atoms with E-state index in [4.69, 9.17) is 4.74 Å². The molecule has 5 nitrogen and oxygen atoms in total. The maximum Gasteiger partial charge on any atom is 0.251 e. The van der Waals surface area contributed by atoms with Crippen LogP contribution in [-0.4, -0.2) is 61.0 Å². The van der Waals surface area contributed by atoms with Crippen LogP contribution < -0.4 is 0 Å². The van der Waals surface area contributed by atoms with Crippen molar-refractivity contribution in [3.8, 4) is 0 Å². The Morgan fingerprint density at radius 1 is 1.27 bits per heavy atom. The molecular weight excluding hydrogens is 196 g/mol. The quantitative estimate of drug-likeness (QED) is 0.578. The lowest BCUT2D eigenvalue weighted by atomic mass is 10.2. The van der Waals surface area contributed by atoms with Crippen LogP contribution >= 0.6 is 0 Å². The standard InChI is InChI=1S/C10H16N2O3/c13-8-11-3-5-12(6-4-11)10(14)9-2-1-7-15-9/h8-9H,1-7H2. The number of carbonyl (C=O) groups is 2. The van der Waals surface area contributed by atoms with E-state index in [0.717, 1.165) is 19.3 Å². The Morgan fingerprint density at radius 3 is 2.53 bits per heavy atom. The van der Waals surface area contributed by atoms with Crippen molar-refractivity contribution < 1.29 is 14.3 Å². The third kappa shape index (κ3) is 2.28. The molecule has 5 heteroatoms. The van der Waals surface area contributed by atoms with Crippen molar-refractivity contribution in [2.45, 2.75) is 18.9 Å². The van der Waals surface area contributed by atoms with Gasteiger partial charge < -0.3 is 14.5 Å². The van der Waals surface area contributed by atoms with Crippen LogP contribution in [0.5, 0.6) is 0 Å². The van der Waals surface area contributed by atoms with E-state index in [1.165, 1.54) is 0 Å². The minimum absolute atomic E-state index is 0.0954. The second kappa shape index (κ2) is 4.61. The maximum atomic E-state index is 11.9. The summed E-state index contributed by atoms with van der Waals surface area (Å²) in [6.45, 7) is 3.25. The molecule has 2 saturated heterocycles. The molecule has 2 fully saturated rings. The van der Waals surface area contributed by atoms with E-state index in [2.05, 4.69) is 0 Å². The molecule has 0 aliphatic carbocycles. The van der Waals surface area contributed by atoms with Crippen LogP contribution in [0, 0.1) is 0 Å². The highest BCUT2D eigenvalue weighted by Crippen LogP contribution is 2.15. The van der Waals surface area contributed by atoms with Crippen LogP contribution in [0.2, 0.25) is 0 Å². The Morgan fingerprint density at radius 2 is 2.00 bits per heavy atom. The number of hydrogen-bond acceptors (Lipinski definition) is 3. The lowest BCUT2D eigenvalue weighted by Gasteiger charge is -2.33. The van der Waals surface area contributed by atoms with Crippen molar-refractivity contribution in [2.24, 2.45) is 0 Å². The van der Waals surface area contributed by atoms with Gasteiger partial charge in [-0.15, -0.1) is 0 Å². The van der Waals surface area contributed by atoms with Crippen molar-refractivity contribution in [2.75, 3.05) is 32.8 Å². The Kier molecular flexibility index (Phi) is 3.20. The summed E-state index contributed by atoms with van der Waals surface area (Å²) < 4.78 is 5.35. The van der Waals surface area contributed by atoms with Gasteiger partial charge in [-0.05, 0) is 12.8 Å². The van der Waals surface area contributed by atoms with Gasteiger partial charge in [0.05, 0.1) is 0 Å². The Hall–Kier alpha value is -1.10. The van der Waals surface area contributed by atoms with Crippen molar-refractivity contribution in [1.82, 2.24) is 9.80 Å². The number of amides is 2. The summed E-state index contributed by atoms with van der Waals surface area (Å²) in [6.07, 6.45) is 2.43. The predicted molar refractivity (Wildman–Crippen MR) is 53.2 cm³/mol. The number of carbonyl (C=O) groups excluding carboxylic acids is 2. The van der Waals surface area contributed by atoms with E-state index in [1.54, 1.807) is 9.80 Å². The zero-order chi connectivity index (χ0) is 10.7. The maximum absolute atomic E-state index is 11.9. The molecule has 2 aliphatic rings. The second-order valence-electron chi connectivity index (χ2n) is 3.97. The molecule has 0 spiro atoms. The Balaban J connectivity index is 1.84. The molecule has 84 valence electrons. The van der Waals surface area contributed by atoms with E-state index in [9.17, 15) is 9.59 Å². The lowest BCUT2D eigenvalue weighted by molar-refractivity contribution is -0.143. The fourth-order valence-electron chi connectivity index (χ4n) is 2.02. The summed E-state index contributed by atoms with van der Waals surface area (Å²) in [4.78, 5) is 25.9. The molecule has 2 amide bonds. The zero-order valence-electron chi connectivity index (χ0n) is 8.72. The summed E-state index contributed by atoms with van der Waals surface area (Å²) >= 11 is 0. The molecule has 0 saturated carbocycles. The minimum atomic E-state index is -0.229. The summed E-state index contributed by atoms with van der Waals surface area (Å²) in [5.74, 6) is 0.0954. The van der Waals surface area contributed by atoms with Crippen LogP contribution in [0.4, 0.5) is 0 Å². The SMILES string of the molecule is O=CN1CCN(C(=O)C2CCCO2)CC1. The van der Waals surface area contributed by atoms with E-state index in [0.29, 0.717) is 32.8 Å². The van der Waals surface area contributed by atoms with Gasteiger partial charge in [-0.1, -0.05) is 0 Å². The second-order valence-corrected chi connectivity index (χ2v) is 3.97. The van der Waals surface area contributed by atoms with E-state index in [1.807, 2.05) is 0 Å². The highest BCUT2D eigenvalue weighted by atomic mass is 16.5. The van der Waals surface area contributed by atoms with Crippen molar-refractivity contribution in [3.05, 3.63) is 0 Å². The topological polar surface area (TPSA) is 49.9 Å². The molecule has 0 bridgehead atoms. The fourth-order valence-corrected chi connectivity index (χ4v) is 2.02. The molecule has 15 heavy (non-hydrogen) atoms. The van der Waals surface area contributed by atoms with Crippen molar-refractivity contribution in [3.63, 3.8) is 0 Å². The number of rotatable bonds is 2. The van der Waals surface area contributed by atoms with Crippen molar-refractivity contribution in [1.29, 1.82) is 0 Å². The minimum Gasteiger partial charge on any atom is -0.368 e. The number of hydrogen-bond donors (Lipinski definition) is 0. The van der Waals surface area contributed by atoms with Crippen LogP contribution in [0.15, 0.2) is 0 Å². The molecule has 2 heterocycles. The van der Waals surface area contributed by atoms with Gasteiger partial charge in [-0.3, -0.25) is 9.59 Å². The van der Waals surface area contributed by atoms with Gasteiger partial charge in [-0.25, -0.2) is 0 Å². The Bertz CT molecular complexity index is 243. The third-order valence-electron chi connectivity index (χ3n) is 2.98. The van der Waals surface area contributed by atoms with Gasteiger partial charge in [0.1, 0.15) is 6.10 Å². The predicted octanol–water partition coefficient (Wildman–Crippen LogP) is -0.534. The third-order valence-corrected chi connectivity index (χ3v) is 2.98. The first-order chi connectivity index (χ1) is 7.31. The fraction of sp³-hybridized carbons (Fsp3) is 0.800. The summed E-state index contributed by atoms with van der Waals surface area (Å²) in [6, 6.07) is 0. The van der Waals surface area contributed by atoms with Crippen LogP contribution in [-0.2, 0) is 14.3 Å². The molecule has 0 aromatic rings. The number of ether oxygens (including phenoxy) is 1. The Labute approximate surface area is 89.0 Å². The summed E-state index contributed by atoms with van der Waals surface area (Å²) in [7, 11) is 0. The number of nitrogens with zero attached hydrogens (tertiary/aromatic N) is 2. The largest absolute Gasteiger partial charge is 0.368 e. The van der Waals surface area contributed by atoms with Gasteiger partial charge in [-0.2, -0.15) is 0 Å². The van der Waals surface area contributed by atoms with Gasteiger partial charge in [0.2, 0.25) is 6.41 Å². The highest BCUT2D eigenvalue weighted by molar-refractivity contribution is 5.81. The molecular formula is C10H16N2O3. The summed E-state index contributed by atoms with van der Waals surface area (Å²) in [5.41, 5.74) is 0. The van der Waals surface area contributed by atoms with Gasteiger partial charge >= 0.3 is 0 Å². The van der Waals surface area contributed by atoms with E-state index < -0.39 is 0 Å². The average molecular weight is 212 g/mol. The molecule has 0 N–H and O–H groups in total. The van der Waals surface area contributed by atoms with Crippen molar-refractivity contribution >= 4 is 12.3 Å². The molecule has 1 unspecified atom stereocenters. The smallest absolute Gasteiger partial charge is 0.251 e. The molecule has 2 rings (SSSR count). The molecule has 1 atom stereocenters. The number of piperazine rings is 1. The monoisotopic (exact) mass is 212 g/mol. The first-order valence-electron chi connectivity index (χ1n) is 5.41. The molecule has 2 aliphatic heterocycles. The summed E-state index contributed by atoms with van der Waals surface area (Å²) in [5, 5.41) is 0. The van der Waals surface area contributed by atoms with Gasteiger partial charge in [0, 0.05) is 32.8 Å². The van der Waals surface area contributed by atoms with Crippen LogP contribution in [0.1, 0.15) is 12.8 Å². The first-order valence-corrected chi connectivity index (χ1v) is 5.41. The van der Waals surface area contributed by atoms with Gasteiger partial charge in [0.15, 0.2) is 0 Å². The zero-order valence-corrected chi connectivity index (χ0v) is 8.72. The lowest BCUT2D eigenvalue weighted by Crippen LogP contribution is -2.50. The average Bonchev–Trinajstić information content (AvgIpc) is 2.82. The first kappa shape index (κ1) is 10.4. The van der Waals surface area contributed by atoms with E-state index in [-0.39, 0.29) is 12.0 Å². The molecule has 0 aromatic heterocycles. The van der Waals surface area contributed by atoms with E-state index >= 15 is 0 Å². The van der Waals surface area contributed by atoms with Gasteiger partial charge in [0.25, 0.3) is 5.91 Å². The van der Waals surface area contributed by atoms with Crippen LogP contribution in [0.3, 0.4) is 0 Å². The normalized spacial score (nSPS) is 26.8. The molecule has 0 radical (unpaired) electrons. The van der Waals surface area contributed by atoms with Crippen LogP contribution in [0.25, 0.3) is 0 Å². The highest BCUT2D eigenvalue weighted by Gasteiger charge is 2.29. The molecule has 0 aromatic carbocycles.